The minimum Gasteiger partial charge on any atom is -0.326 e. The Morgan fingerprint density at radius 3 is 2.71 bits per heavy atom. The number of para-hydroxylation sites is 1. The molecule has 2 aromatic rings. The summed E-state index contributed by atoms with van der Waals surface area (Å²) in [4.78, 5) is 30.1. The summed E-state index contributed by atoms with van der Waals surface area (Å²) in [5.74, 6) is -0.152. The molecule has 1 N–H and O–H groups in total. The Kier molecular flexibility index (Phi) is 5.70. The molecule has 5 nitrogen and oxygen atoms in total. The largest absolute Gasteiger partial charge is 0.326 e. The van der Waals surface area contributed by atoms with E-state index in [2.05, 4.69) is 5.32 Å². The molecule has 0 saturated heterocycles. The van der Waals surface area contributed by atoms with Gasteiger partial charge >= 0.3 is 0 Å². The van der Waals surface area contributed by atoms with E-state index in [9.17, 15) is 9.59 Å². The van der Waals surface area contributed by atoms with Crippen molar-refractivity contribution in [2.24, 2.45) is 10.9 Å². The molecule has 0 spiro atoms. The van der Waals surface area contributed by atoms with Gasteiger partial charge in [-0.05, 0) is 49.4 Å². The van der Waals surface area contributed by atoms with Crippen LogP contribution in [0.4, 0.5) is 5.69 Å². The van der Waals surface area contributed by atoms with Gasteiger partial charge in [0.25, 0.3) is 0 Å². The molecule has 1 aromatic heterocycles. The van der Waals surface area contributed by atoms with Gasteiger partial charge in [0.15, 0.2) is 0 Å². The van der Waals surface area contributed by atoms with Crippen molar-refractivity contribution in [1.82, 2.24) is 4.57 Å². The van der Waals surface area contributed by atoms with E-state index in [1.165, 1.54) is 19.3 Å². The first-order valence-electron chi connectivity index (χ1n) is 10.3. The van der Waals surface area contributed by atoms with Crippen LogP contribution >= 0.6 is 0 Å². The summed E-state index contributed by atoms with van der Waals surface area (Å²) < 4.78 is 1.66. The Balaban J connectivity index is 1.45. The number of pyridine rings is 1. The van der Waals surface area contributed by atoms with Gasteiger partial charge in [-0.2, -0.15) is 0 Å². The molecular weight excluding hydrogens is 350 g/mol. The molecule has 1 fully saturated rings. The van der Waals surface area contributed by atoms with E-state index < -0.39 is 0 Å². The fourth-order valence-corrected chi connectivity index (χ4v) is 4.21. The van der Waals surface area contributed by atoms with E-state index in [4.69, 9.17) is 4.99 Å². The first kappa shape index (κ1) is 18.7. The molecule has 0 radical (unpaired) electrons. The second-order valence-corrected chi connectivity index (χ2v) is 7.83. The number of rotatable bonds is 4. The molecule has 1 aromatic carbocycles. The lowest BCUT2D eigenvalue weighted by atomic mass is 9.89. The van der Waals surface area contributed by atoms with E-state index in [0.717, 1.165) is 29.6 Å². The van der Waals surface area contributed by atoms with E-state index >= 15 is 0 Å². The van der Waals surface area contributed by atoms with Crippen molar-refractivity contribution in [1.29, 1.82) is 0 Å². The zero-order valence-electron chi connectivity index (χ0n) is 16.1. The van der Waals surface area contributed by atoms with Gasteiger partial charge in [-0.25, -0.2) is 0 Å². The van der Waals surface area contributed by atoms with Crippen LogP contribution in [0.1, 0.15) is 55.3 Å². The van der Waals surface area contributed by atoms with Crippen molar-refractivity contribution in [3.8, 4) is 0 Å². The summed E-state index contributed by atoms with van der Waals surface area (Å²) in [6.07, 6.45) is 9.28. The predicted molar refractivity (Wildman–Crippen MR) is 109 cm³/mol. The van der Waals surface area contributed by atoms with Gasteiger partial charge in [-0.1, -0.05) is 43.5 Å². The first-order valence-corrected chi connectivity index (χ1v) is 10.3. The fourth-order valence-electron chi connectivity index (χ4n) is 4.21. The third-order valence-electron chi connectivity index (χ3n) is 5.82. The van der Waals surface area contributed by atoms with Crippen LogP contribution in [0.3, 0.4) is 0 Å². The molecule has 1 unspecified atom stereocenters. The van der Waals surface area contributed by atoms with Gasteiger partial charge in [0.05, 0.1) is 6.04 Å². The molecule has 5 heteroatoms. The van der Waals surface area contributed by atoms with Crippen molar-refractivity contribution in [3.63, 3.8) is 0 Å². The number of benzene rings is 1. The first-order chi connectivity index (χ1) is 13.7. The number of hydrogen-bond donors (Lipinski definition) is 1. The zero-order chi connectivity index (χ0) is 19.3. The summed E-state index contributed by atoms with van der Waals surface area (Å²) in [5, 5.41) is 2.96. The Labute approximate surface area is 165 Å². The van der Waals surface area contributed by atoms with E-state index in [-0.39, 0.29) is 17.7 Å². The van der Waals surface area contributed by atoms with Gasteiger partial charge in [-0.15, -0.1) is 0 Å². The second kappa shape index (κ2) is 8.55. The minimum absolute atomic E-state index is 0.00168. The van der Waals surface area contributed by atoms with Crippen LogP contribution in [0.5, 0.6) is 0 Å². The highest BCUT2D eigenvalue weighted by Gasteiger charge is 2.26. The molecule has 28 heavy (non-hydrogen) atoms. The fraction of sp³-hybridized carbons (Fsp3) is 0.435. The lowest BCUT2D eigenvalue weighted by molar-refractivity contribution is -0.120. The van der Waals surface area contributed by atoms with Crippen LogP contribution in [-0.2, 0) is 11.2 Å². The number of fused-ring (bicyclic) bond motifs is 1. The minimum atomic E-state index is -0.165. The number of carbonyl (C=O) groups excluding carboxylic acids is 2. The number of amides is 1. The van der Waals surface area contributed by atoms with Crippen LogP contribution in [-0.4, -0.2) is 22.4 Å². The lowest BCUT2D eigenvalue weighted by Crippen LogP contribution is -2.32. The maximum atomic E-state index is 12.9. The van der Waals surface area contributed by atoms with Crippen molar-refractivity contribution in [2.45, 2.75) is 57.4 Å². The van der Waals surface area contributed by atoms with Crippen molar-refractivity contribution < 1.29 is 9.59 Å². The Morgan fingerprint density at radius 2 is 1.86 bits per heavy atom. The van der Waals surface area contributed by atoms with Gasteiger partial charge in [-0.3, -0.25) is 19.1 Å². The highest BCUT2D eigenvalue weighted by Crippen LogP contribution is 2.27. The van der Waals surface area contributed by atoms with Crippen LogP contribution in [0.25, 0.3) is 0 Å². The standard InChI is InChI=1S/C23H27N3O2/c27-22(14-13-18-16-17-8-4-5-11-20(17)25-23(18)28)26-15-7-6-12-21(26)24-19-9-2-1-3-10-19/h4-8,11-12,15,18-19H,1-3,9-10,13-14,16H2,(H,25,28). The second-order valence-electron chi connectivity index (χ2n) is 7.83. The molecule has 0 bridgehead atoms. The van der Waals surface area contributed by atoms with Crippen molar-refractivity contribution in [3.05, 3.63) is 59.7 Å². The molecule has 1 aliphatic carbocycles. The monoisotopic (exact) mass is 377 g/mol. The summed E-state index contributed by atoms with van der Waals surface area (Å²) in [7, 11) is 0. The maximum absolute atomic E-state index is 12.9. The number of anilines is 1. The molecule has 2 heterocycles. The summed E-state index contributed by atoms with van der Waals surface area (Å²) in [6, 6.07) is 13.9. The number of hydrogen-bond acceptors (Lipinski definition) is 3. The quantitative estimate of drug-likeness (QED) is 0.877. The number of aromatic nitrogens is 1. The summed E-state index contributed by atoms with van der Waals surface area (Å²) >= 11 is 0. The molecule has 2 aliphatic rings. The molecular formula is C23H27N3O2. The maximum Gasteiger partial charge on any atom is 0.232 e. The SMILES string of the molecule is O=C1Nc2ccccc2CC1CCC(=O)n1ccccc1=NC1CCCCC1. The smallest absolute Gasteiger partial charge is 0.232 e. The summed E-state index contributed by atoms with van der Waals surface area (Å²) in [6.45, 7) is 0. The van der Waals surface area contributed by atoms with Crippen molar-refractivity contribution in [2.75, 3.05) is 5.32 Å². The molecule has 4 rings (SSSR count). The predicted octanol–water partition coefficient (Wildman–Crippen LogP) is 3.95. The van der Waals surface area contributed by atoms with Crippen LogP contribution in [0.2, 0.25) is 0 Å². The third kappa shape index (κ3) is 4.24. The van der Waals surface area contributed by atoms with Crippen LogP contribution in [0.15, 0.2) is 53.7 Å². The molecule has 1 atom stereocenters. The van der Waals surface area contributed by atoms with Gasteiger partial charge < -0.3 is 5.32 Å². The molecule has 1 amide bonds. The van der Waals surface area contributed by atoms with Gasteiger partial charge in [0.2, 0.25) is 11.8 Å². The average molecular weight is 377 g/mol. The number of nitrogens with one attached hydrogen (secondary N) is 1. The Morgan fingerprint density at radius 1 is 1.07 bits per heavy atom. The summed E-state index contributed by atoms with van der Waals surface area (Å²) in [5.41, 5.74) is 2.76. The van der Waals surface area contributed by atoms with Crippen LogP contribution in [0, 0.1) is 5.92 Å². The van der Waals surface area contributed by atoms with Gasteiger partial charge in [0.1, 0.15) is 5.49 Å². The molecule has 1 aliphatic heterocycles. The topological polar surface area (TPSA) is 63.5 Å². The normalized spacial score (nSPS) is 20.5. The van der Waals surface area contributed by atoms with E-state index in [0.29, 0.717) is 25.3 Å². The van der Waals surface area contributed by atoms with Gasteiger partial charge in [0, 0.05) is 24.2 Å². The molecule has 146 valence electrons. The van der Waals surface area contributed by atoms with Crippen LogP contribution < -0.4 is 10.8 Å². The Bertz CT molecular complexity index is 925. The third-order valence-corrected chi connectivity index (χ3v) is 5.82. The highest BCUT2D eigenvalue weighted by atomic mass is 16.2. The number of carbonyl (C=O) groups is 2. The molecule has 1 saturated carbocycles. The lowest BCUT2D eigenvalue weighted by Gasteiger charge is -2.24. The number of nitrogens with zero attached hydrogens (tertiary/aromatic N) is 2. The van der Waals surface area contributed by atoms with Crippen molar-refractivity contribution >= 4 is 17.5 Å². The zero-order valence-corrected chi connectivity index (χ0v) is 16.1. The van der Waals surface area contributed by atoms with E-state index in [1.54, 1.807) is 10.8 Å². The Hall–Kier alpha value is -2.69. The highest BCUT2D eigenvalue weighted by molar-refractivity contribution is 5.96. The van der Waals surface area contributed by atoms with E-state index in [1.807, 2.05) is 42.5 Å². The average Bonchev–Trinajstić information content (AvgIpc) is 2.73.